The van der Waals surface area contributed by atoms with Crippen LogP contribution in [0.4, 0.5) is 4.39 Å². The molecule has 3 nitrogen and oxygen atoms in total. The standard InChI is InChI=1S/C6H4FO3P/c7-5-3-1-2-4-6(5)10-11(8)9/h1-4H/p+1. The Balaban J connectivity index is 2.86. The summed E-state index contributed by atoms with van der Waals surface area (Å²) >= 11 is 0. The molecular weight excluding hydrogens is 170 g/mol. The summed E-state index contributed by atoms with van der Waals surface area (Å²) in [5.74, 6) is -0.860. The second kappa shape index (κ2) is 3.42. The van der Waals surface area contributed by atoms with E-state index in [1.165, 1.54) is 18.2 Å². The number of benzene rings is 1. The lowest BCUT2D eigenvalue weighted by atomic mass is 10.3. The number of halogens is 1. The molecule has 1 atom stereocenters. The predicted octanol–water partition coefficient (Wildman–Crippen LogP) is 1.85. The first-order chi connectivity index (χ1) is 5.20. The van der Waals surface area contributed by atoms with E-state index in [9.17, 15) is 8.96 Å². The smallest absolute Gasteiger partial charge is 0.226 e. The maximum Gasteiger partial charge on any atom is 0.747 e. The molecule has 0 radical (unpaired) electrons. The highest BCUT2D eigenvalue weighted by Crippen LogP contribution is 2.24. The normalized spacial score (nSPS) is 10.9. The maximum atomic E-state index is 12.6. The van der Waals surface area contributed by atoms with Crippen LogP contribution in [0.5, 0.6) is 5.75 Å². The van der Waals surface area contributed by atoms with Gasteiger partial charge in [0.1, 0.15) is 0 Å². The SMILES string of the molecule is O=[P+](O)Oc1ccccc1F. The molecule has 0 fully saturated rings. The van der Waals surface area contributed by atoms with Gasteiger partial charge in [-0.1, -0.05) is 12.1 Å². The zero-order valence-corrected chi connectivity index (χ0v) is 6.29. The van der Waals surface area contributed by atoms with Crippen LogP contribution in [0.25, 0.3) is 0 Å². The molecule has 0 amide bonds. The fourth-order valence-corrected chi connectivity index (χ4v) is 0.919. The van der Waals surface area contributed by atoms with Crippen molar-refractivity contribution < 1.29 is 18.4 Å². The molecular formula is C6H5FO3P+. The fraction of sp³-hybridized carbons (Fsp3) is 0. The van der Waals surface area contributed by atoms with E-state index in [0.29, 0.717) is 0 Å². The Hall–Kier alpha value is -0.990. The summed E-state index contributed by atoms with van der Waals surface area (Å²) < 4.78 is 26.9. The number of rotatable bonds is 2. The number of hydrogen-bond acceptors (Lipinski definition) is 2. The lowest BCUT2D eigenvalue weighted by molar-refractivity contribution is 0.398. The van der Waals surface area contributed by atoms with Crippen LogP contribution in [0.1, 0.15) is 0 Å². The van der Waals surface area contributed by atoms with Crippen molar-refractivity contribution in [1.29, 1.82) is 0 Å². The summed E-state index contributed by atoms with van der Waals surface area (Å²) in [6.07, 6.45) is 0. The molecule has 1 aromatic rings. The van der Waals surface area contributed by atoms with Gasteiger partial charge in [0, 0.05) is 4.57 Å². The van der Waals surface area contributed by atoms with Gasteiger partial charge in [0.05, 0.1) is 0 Å². The van der Waals surface area contributed by atoms with Crippen LogP contribution in [0, 0.1) is 5.82 Å². The molecule has 0 heterocycles. The van der Waals surface area contributed by atoms with E-state index in [1.807, 2.05) is 0 Å². The molecule has 1 rings (SSSR count). The zero-order valence-electron chi connectivity index (χ0n) is 5.40. The van der Waals surface area contributed by atoms with Crippen LogP contribution in [0.3, 0.4) is 0 Å². The Morgan fingerprint density at radius 1 is 1.45 bits per heavy atom. The van der Waals surface area contributed by atoms with E-state index in [2.05, 4.69) is 4.52 Å². The highest BCUT2D eigenvalue weighted by Gasteiger charge is 2.16. The molecule has 58 valence electrons. The van der Waals surface area contributed by atoms with E-state index in [1.54, 1.807) is 0 Å². The first-order valence-corrected chi connectivity index (χ1v) is 3.92. The Kier molecular flexibility index (Phi) is 2.52. The van der Waals surface area contributed by atoms with Crippen LogP contribution in [0.15, 0.2) is 24.3 Å². The van der Waals surface area contributed by atoms with Crippen molar-refractivity contribution in [3.8, 4) is 5.75 Å². The van der Waals surface area contributed by atoms with Gasteiger partial charge in [-0.3, -0.25) is 0 Å². The fourth-order valence-electron chi connectivity index (χ4n) is 0.603. The van der Waals surface area contributed by atoms with Crippen LogP contribution >= 0.6 is 8.25 Å². The molecule has 0 aliphatic rings. The van der Waals surface area contributed by atoms with Crippen LogP contribution < -0.4 is 4.52 Å². The summed E-state index contributed by atoms with van der Waals surface area (Å²) in [4.78, 5) is 8.25. The molecule has 1 N–H and O–H groups in total. The third kappa shape index (κ3) is 2.26. The topological polar surface area (TPSA) is 46.5 Å². The quantitative estimate of drug-likeness (QED) is 0.697. The van der Waals surface area contributed by atoms with E-state index in [4.69, 9.17) is 4.89 Å². The van der Waals surface area contributed by atoms with Gasteiger partial charge in [0.25, 0.3) is 0 Å². The minimum atomic E-state index is -2.78. The third-order valence-electron chi connectivity index (χ3n) is 1.01. The van der Waals surface area contributed by atoms with Crippen molar-refractivity contribution in [3.63, 3.8) is 0 Å². The summed E-state index contributed by atoms with van der Waals surface area (Å²) in [6.45, 7) is 0. The molecule has 0 aliphatic heterocycles. The van der Waals surface area contributed by atoms with Gasteiger partial charge < -0.3 is 0 Å². The van der Waals surface area contributed by atoms with Crippen molar-refractivity contribution in [1.82, 2.24) is 0 Å². The average Bonchev–Trinajstić information content (AvgIpc) is 1.93. The average molecular weight is 175 g/mol. The first kappa shape index (κ1) is 8.11. The third-order valence-corrected chi connectivity index (χ3v) is 1.37. The number of para-hydroxylation sites is 1. The molecule has 0 aliphatic carbocycles. The van der Waals surface area contributed by atoms with Gasteiger partial charge in [-0.05, 0) is 12.1 Å². The van der Waals surface area contributed by atoms with Crippen molar-refractivity contribution in [2.45, 2.75) is 0 Å². The van der Waals surface area contributed by atoms with Crippen LogP contribution in [-0.2, 0) is 4.57 Å². The highest BCUT2D eigenvalue weighted by atomic mass is 31.1. The highest BCUT2D eigenvalue weighted by molar-refractivity contribution is 7.32. The molecule has 1 unspecified atom stereocenters. The van der Waals surface area contributed by atoms with Crippen molar-refractivity contribution in [2.75, 3.05) is 0 Å². The van der Waals surface area contributed by atoms with Crippen molar-refractivity contribution in [2.24, 2.45) is 0 Å². The second-order valence-electron chi connectivity index (χ2n) is 1.76. The Labute approximate surface area is 63.4 Å². The monoisotopic (exact) mass is 175 g/mol. The van der Waals surface area contributed by atoms with Gasteiger partial charge in [0.2, 0.25) is 5.75 Å². The lowest BCUT2D eigenvalue weighted by Crippen LogP contribution is -1.83. The van der Waals surface area contributed by atoms with E-state index in [-0.39, 0.29) is 5.75 Å². The predicted molar refractivity (Wildman–Crippen MR) is 36.9 cm³/mol. The summed E-state index contributed by atoms with van der Waals surface area (Å²) in [5, 5.41) is 0. The van der Waals surface area contributed by atoms with Crippen LogP contribution in [-0.4, -0.2) is 4.89 Å². The molecule has 1 aromatic carbocycles. The van der Waals surface area contributed by atoms with E-state index < -0.39 is 14.1 Å². The van der Waals surface area contributed by atoms with Crippen molar-refractivity contribution in [3.05, 3.63) is 30.1 Å². The van der Waals surface area contributed by atoms with Crippen molar-refractivity contribution >= 4 is 8.25 Å². The second-order valence-corrected chi connectivity index (χ2v) is 2.42. The van der Waals surface area contributed by atoms with E-state index in [0.717, 1.165) is 6.07 Å². The van der Waals surface area contributed by atoms with Gasteiger partial charge in [-0.15, -0.1) is 4.89 Å². The van der Waals surface area contributed by atoms with Gasteiger partial charge in [-0.25, -0.2) is 8.91 Å². The molecule has 0 saturated carbocycles. The minimum absolute atomic E-state index is 0.212. The molecule has 0 bridgehead atoms. The molecule has 5 heteroatoms. The zero-order chi connectivity index (χ0) is 8.27. The summed E-state index contributed by atoms with van der Waals surface area (Å²) in [7, 11) is -2.78. The van der Waals surface area contributed by atoms with Gasteiger partial charge >= 0.3 is 8.25 Å². The molecule has 0 saturated heterocycles. The van der Waals surface area contributed by atoms with Gasteiger partial charge in [-0.2, -0.15) is 0 Å². The summed E-state index contributed by atoms with van der Waals surface area (Å²) in [6, 6.07) is 5.40. The van der Waals surface area contributed by atoms with Crippen LogP contribution in [0.2, 0.25) is 0 Å². The molecule has 0 aromatic heterocycles. The maximum absolute atomic E-state index is 12.6. The number of hydrogen-bond donors (Lipinski definition) is 1. The van der Waals surface area contributed by atoms with E-state index >= 15 is 0 Å². The lowest BCUT2D eigenvalue weighted by Gasteiger charge is -1.90. The Morgan fingerprint density at radius 3 is 2.64 bits per heavy atom. The summed E-state index contributed by atoms with van der Waals surface area (Å²) in [5.41, 5.74) is 0. The first-order valence-electron chi connectivity index (χ1n) is 2.79. The van der Waals surface area contributed by atoms with Gasteiger partial charge in [0.15, 0.2) is 5.82 Å². The molecule has 11 heavy (non-hydrogen) atoms. The minimum Gasteiger partial charge on any atom is -0.226 e. The Bertz CT molecular complexity index is 276. The largest absolute Gasteiger partial charge is 0.747 e. The molecule has 0 spiro atoms. The Morgan fingerprint density at radius 2 is 2.09 bits per heavy atom.